The molecule has 1 N–H and O–H groups in total. The average Bonchev–Trinajstić information content (AvgIpc) is 2.29. The highest BCUT2D eigenvalue weighted by Gasteiger charge is 2.25. The van der Waals surface area contributed by atoms with Crippen molar-refractivity contribution in [2.75, 3.05) is 0 Å². The van der Waals surface area contributed by atoms with E-state index in [9.17, 15) is 4.79 Å². The lowest BCUT2D eigenvalue weighted by Crippen LogP contribution is -2.10. The van der Waals surface area contributed by atoms with Gasteiger partial charge >= 0.3 is 5.97 Å². The zero-order valence-corrected chi connectivity index (χ0v) is 8.23. The standard InChI is InChI=1S/C9H11NO2S/c1-5-7(6-3-2-4-6)10-8(13-5)9(11)12/h6H,2-4H2,1H3,(H,11,12). The number of aromatic nitrogens is 1. The quantitative estimate of drug-likeness (QED) is 0.792. The number of carbonyl (C=O) groups is 1. The largest absolute Gasteiger partial charge is 0.476 e. The van der Waals surface area contributed by atoms with E-state index in [1.807, 2.05) is 6.92 Å². The molecule has 0 amide bonds. The van der Waals surface area contributed by atoms with Gasteiger partial charge in [-0.1, -0.05) is 6.42 Å². The third-order valence-electron chi connectivity index (χ3n) is 2.51. The van der Waals surface area contributed by atoms with Crippen LogP contribution in [0.4, 0.5) is 0 Å². The number of hydrogen-bond donors (Lipinski definition) is 1. The number of hydrogen-bond acceptors (Lipinski definition) is 3. The minimum atomic E-state index is -0.904. The van der Waals surface area contributed by atoms with Crippen molar-refractivity contribution in [1.29, 1.82) is 0 Å². The van der Waals surface area contributed by atoms with Crippen molar-refractivity contribution in [3.05, 3.63) is 15.6 Å². The summed E-state index contributed by atoms with van der Waals surface area (Å²) < 4.78 is 0. The first-order valence-corrected chi connectivity index (χ1v) is 5.20. The molecule has 0 unspecified atom stereocenters. The summed E-state index contributed by atoms with van der Waals surface area (Å²) in [5.74, 6) is -0.372. The zero-order chi connectivity index (χ0) is 9.42. The normalized spacial score (nSPS) is 17.0. The lowest BCUT2D eigenvalue weighted by atomic mass is 9.82. The fourth-order valence-electron chi connectivity index (χ4n) is 1.56. The number of thiazole rings is 1. The first kappa shape index (κ1) is 8.69. The molecule has 3 nitrogen and oxygen atoms in total. The first-order valence-electron chi connectivity index (χ1n) is 4.39. The van der Waals surface area contributed by atoms with E-state index in [2.05, 4.69) is 4.98 Å². The predicted molar refractivity (Wildman–Crippen MR) is 50.4 cm³/mol. The number of carboxylic acids is 1. The molecule has 0 aromatic carbocycles. The molecule has 13 heavy (non-hydrogen) atoms. The maximum Gasteiger partial charge on any atom is 0.365 e. The van der Waals surface area contributed by atoms with Gasteiger partial charge in [0.25, 0.3) is 0 Å². The van der Waals surface area contributed by atoms with E-state index in [-0.39, 0.29) is 5.01 Å². The van der Waals surface area contributed by atoms with E-state index in [0.29, 0.717) is 5.92 Å². The fourth-order valence-corrected chi connectivity index (χ4v) is 2.40. The molecule has 0 spiro atoms. The molecule has 0 aliphatic heterocycles. The Morgan fingerprint density at radius 3 is 2.69 bits per heavy atom. The van der Waals surface area contributed by atoms with Gasteiger partial charge in [0.2, 0.25) is 5.01 Å². The van der Waals surface area contributed by atoms with Gasteiger partial charge in [0.05, 0.1) is 5.69 Å². The van der Waals surface area contributed by atoms with Gasteiger partial charge < -0.3 is 5.11 Å². The van der Waals surface area contributed by atoms with Crippen molar-refractivity contribution in [1.82, 2.24) is 4.98 Å². The Morgan fingerprint density at radius 1 is 1.62 bits per heavy atom. The molecule has 1 aromatic rings. The summed E-state index contributed by atoms with van der Waals surface area (Å²) in [7, 11) is 0. The van der Waals surface area contributed by atoms with Crippen molar-refractivity contribution in [3.63, 3.8) is 0 Å². The van der Waals surface area contributed by atoms with Gasteiger partial charge in [-0.3, -0.25) is 0 Å². The summed E-state index contributed by atoms with van der Waals surface area (Å²) in [5, 5.41) is 8.98. The van der Waals surface area contributed by atoms with E-state index < -0.39 is 5.97 Å². The minimum absolute atomic E-state index is 0.236. The third kappa shape index (κ3) is 1.46. The molecule has 1 aliphatic carbocycles. The number of aryl methyl sites for hydroxylation is 1. The average molecular weight is 197 g/mol. The molecule has 70 valence electrons. The number of aromatic carboxylic acids is 1. The van der Waals surface area contributed by atoms with Gasteiger partial charge in [0.15, 0.2) is 0 Å². The highest BCUT2D eigenvalue weighted by molar-refractivity contribution is 7.13. The van der Waals surface area contributed by atoms with E-state index in [4.69, 9.17) is 5.11 Å². The second-order valence-corrected chi connectivity index (χ2v) is 4.60. The predicted octanol–water partition coefficient (Wildman–Crippen LogP) is 2.42. The Morgan fingerprint density at radius 2 is 2.31 bits per heavy atom. The van der Waals surface area contributed by atoms with Crippen LogP contribution in [0, 0.1) is 6.92 Å². The molecular weight excluding hydrogens is 186 g/mol. The van der Waals surface area contributed by atoms with Gasteiger partial charge in [-0.15, -0.1) is 11.3 Å². The molecule has 1 heterocycles. The number of rotatable bonds is 2. The molecule has 1 fully saturated rings. The Kier molecular flexibility index (Phi) is 2.07. The van der Waals surface area contributed by atoms with Gasteiger partial charge in [-0.05, 0) is 19.8 Å². The van der Waals surface area contributed by atoms with Crippen LogP contribution in [0.15, 0.2) is 0 Å². The minimum Gasteiger partial charge on any atom is -0.476 e. The summed E-state index contributed by atoms with van der Waals surface area (Å²) in [4.78, 5) is 15.9. The van der Waals surface area contributed by atoms with Crippen LogP contribution in [0.1, 0.15) is 45.6 Å². The molecule has 2 rings (SSSR count). The molecule has 1 saturated carbocycles. The van der Waals surface area contributed by atoms with E-state index >= 15 is 0 Å². The summed E-state index contributed by atoms with van der Waals surface area (Å²) in [5.41, 5.74) is 1.02. The van der Waals surface area contributed by atoms with Gasteiger partial charge in [0.1, 0.15) is 0 Å². The first-order chi connectivity index (χ1) is 6.18. The summed E-state index contributed by atoms with van der Waals surface area (Å²) in [6, 6.07) is 0. The molecule has 1 aromatic heterocycles. The lowest BCUT2D eigenvalue weighted by molar-refractivity contribution is 0.0696. The van der Waals surface area contributed by atoms with Crippen LogP contribution in [0.25, 0.3) is 0 Å². The fraction of sp³-hybridized carbons (Fsp3) is 0.556. The Balaban J connectivity index is 2.29. The Hall–Kier alpha value is -0.900. The van der Waals surface area contributed by atoms with Crippen molar-refractivity contribution in [3.8, 4) is 0 Å². The van der Waals surface area contributed by atoms with E-state index in [1.54, 1.807) is 0 Å². The summed E-state index contributed by atoms with van der Waals surface area (Å²) in [6.07, 6.45) is 3.59. The Labute approximate surface area is 80.4 Å². The molecule has 4 heteroatoms. The molecule has 0 saturated heterocycles. The maximum absolute atomic E-state index is 10.6. The van der Waals surface area contributed by atoms with E-state index in [0.717, 1.165) is 10.6 Å². The molecule has 0 radical (unpaired) electrons. The van der Waals surface area contributed by atoms with Crippen LogP contribution in [0.2, 0.25) is 0 Å². The van der Waals surface area contributed by atoms with Gasteiger partial charge in [-0.2, -0.15) is 0 Å². The van der Waals surface area contributed by atoms with Gasteiger partial charge in [0, 0.05) is 10.8 Å². The monoisotopic (exact) mass is 197 g/mol. The van der Waals surface area contributed by atoms with Crippen LogP contribution in [-0.4, -0.2) is 16.1 Å². The molecular formula is C9H11NO2S. The van der Waals surface area contributed by atoms with Crippen molar-refractivity contribution >= 4 is 17.3 Å². The van der Waals surface area contributed by atoms with Crippen LogP contribution < -0.4 is 0 Å². The topological polar surface area (TPSA) is 50.2 Å². The SMILES string of the molecule is Cc1sc(C(=O)O)nc1C1CCC1. The van der Waals surface area contributed by atoms with Crippen molar-refractivity contribution < 1.29 is 9.90 Å². The second-order valence-electron chi connectivity index (χ2n) is 3.39. The highest BCUT2D eigenvalue weighted by atomic mass is 32.1. The number of carboxylic acid groups (broad SMARTS) is 1. The van der Waals surface area contributed by atoms with Crippen LogP contribution in [0.5, 0.6) is 0 Å². The van der Waals surface area contributed by atoms with Crippen LogP contribution in [-0.2, 0) is 0 Å². The highest BCUT2D eigenvalue weighted by Crippen LogP contribution is 2.38. The maximum atomic E-state index is 10.6. The third-order valence-corrected chi connectivity index (χ3v) is 3.48. The summed E-state index contributed by atoms with van der Waals surface area (Å²) in [6.45, 7) is 1.96. The second kappa shape index (κ2) is 3.10. The lowest BCUT2D eigenvalue weighted by Gasteiger charge is -2.23. The zero-order valence-electron chi connectivity index (χ0n) is 7.41. The van der Waals surface area contributed by atoms with Crippen molar-refractivity contribution in [2.45, 2.75) is 32.1 Å². The summed E-state index contributed by atoms with van der Waals surface area (Å²) >= 11 is 1.29. The van der Waals surface area contributed by atoms with E-state index in [1.165, 1.54) is 30.6 Å². The van der Waals surface area contributed by atoms with Crippen molar-refractivity contribution in [2.24, 2.45) is 0 Å². The Bertz CT molecular complexity index is 341. The number of nitrogens with zero attached hydrogens (tertiary/aromatic N) is 1. The van der Waals surface area contributed by atoms with Crippen LogP contribution >= 0.6 is 11.3 Å². The molecule has 0 atom stereocenters. The smallest absolute Gasteiger partial charge is 0.365 e. The van der Waals surface area contributed by atoms with Crippen LogP contribution in [0.3, 0.4) is 0 Å². The molecule has 1 aliphatic rings. The molecule has 0 bridgehead atoms. The van der Waals surface area contributed by atoms with Gasteiger partial charge in [-0.25, -0.2) is 9.78 Å².